The molecule has 2 atom stereocenters. The standard InChI is InChI=1S/C7H10BNO/c8-7(10)9-4-5-1-2-6(9)3-5/h1-2,5-6H,3-4,8H2. The van der Waals surface area contributed by atoms with Gasteiger partial charge in [0.25, 0.3) is 0 Å². The Hall–Kier alpha value is -0.725. The van der Waals surface area contributed by atoms with Gasteiger partial charge in [-0.15, -0.1) is 0 Å². The molecule has 52 valence electrons. The SMILES string of the molecule is BC(=O)N1CC2C=CC1C2. The number of carbonyl (C=O) groups excluding carboxylic acids is 1. The second-order valence-corrected chi connectivity index (χ2v) is 3.12. The normalized spacial score (nSPS) is 35.4. The Morgan fingerprint density at radius 3 is 2.70 bits per heavy atom. The van der Waals surface area contributed by atoms with Crippen molar-refractivity contribution in [2.45, 2.75) is 12.5 Å². The van der Waals surface area contributed by atoms with Crippen molar-refractivity contribution in [2.24, 2.45) is 5.92 Å². The van der Waals surface area contributed by atoms with Gasteiger partial charge in [0.1, 0.15) is 0 Å². The van der Waals surface area contributed by atoms with Crippen LogP contribution in [0.4, 0.5) is 4.79 Å². The predicted molar refractivity (Wildman–Crippen MR) is 41.7 cm³/mol. The fourth-order valence-electron chi connectivity index (χ4n) is 1.87. The van der Waals surface area contributed by atoms with Crippen LogP contribution in [0.25, 0.3) is 0 Å². The van der Waals surface area contributed by atoms with E-state index >= 15 is 0 Å². The third-order valence-electron chi connectivity index (χ3n) is 2.39. The first kappa shape index (κ1) is 6.02. The van der Waals surface area contributed by atoms with Gasteiger partial charge >= 0.3 is 0 Å². The number of likely N-dealkylation sites (tertiary alicyclic amines) is 1. The quantitative estimate of drug-likeness (QED) is 0.338. The Bertz CT molecular complexity index is 202. The molecule has 1 heterocycles. The van der Waals surface area contributed by atoms with E-state index in [4.69, 9.17) is 0 Å². The molecule has 0 aromatic heterocycles. The Kier molecular flexibility index (Phi) is 1.13. The lowest BCUT2D eigenvalue weighted by molar-refractivity contribution is 0.222. The van der Waals surface area contributed by atoms with Gasteiger partial charge in [0, 0.05) is 12.6 Å². The molecule has 0 saturated carbocycles. The van der Waals surface area contributed by atoms with Crippen molar-refractivity contribution in [2.75, 3.05) is 6.54 Å². The molecule has 1 aliphatic heterocycles. The molecular weight excluding hydrogens is 125 g/mol. The van der Waals surface area contributed by atoms with Crippen LogP contribution in [0, 0.1) is 5.92 Å². The smallest absolute Gasteiger partial charge is 0.215 e. The number of hydrogen-bond acceptors (Lipinski definition) is 1. The van der Waals surface area contributed by atoms with Crippen molar-refractivity contribution >= 4 is 13.7 Å². The van der Waals surface area contributed by atoms with Crippen LogP contribution in [-0.2, 0) is 0 Å². The second kappa shape index (κ2) is 1.88. The summed E-state index contributed by atoms with van der Waals surface area (Å²) in [5, 5.41) is 0. The Morgan fingerprint density at radius 2 is 2.40 bits per heavy atom. The Balaban J connectivity index is 2.16. The number of hydrogen-bond donors (Lipinski definition) is 0. The number of nitrogens with zero attached hydrogens (tertiary/aromatic N) is 1. The predicted octanol–water partition coefficient (Wildman–Crippen LogP) is -0.000200. The molecule has 10 heavy (non-hydrogen) atoms. The first-order chi connectivity index (χ1) is 4.77. The molecule has 3 heteroatoms. The van der Waals surface area contributed by atoms with E-state index < -0.39 is 0 Å². The van der Waals surface area contributed by atoms with Crippen molar-refractivity contribution in [1.29, 1.82) is 0 Å². The first-order valence-corrected chi connectivity index (χ1v) is 3.73. The van der Waals surface area contributed by atoms with Crippen LogP contribution in [0.15, 0.2) is 12.2 Å². The molecule has 1 amide bonds. The van der Waals surface area contributed by atoms with Crippen LogP contribution in [-0.4, -0.2) is 31.1 Å². The average Bonchev–Trinajstić information content (AvgIpc) is 2.44. The zero-order valence-electron chi connectivity index (χ0n) is 6.08. The summed E-state index contributed by atoms with van der Waals surface area (Å²) in [6.45, 7) is 0.955. The first-order valence-electron chi connectivity index (χ1n) is 3.73. The lowest BCUT2D eigenvalue weighted by Crippen LogP contribution is -2.34. The lowest BCUT2D eigenvalue weighted by Gasteiger charge is -2.22. The highest BCUT2D eigenvalue weighted by molar-refractivity contribution is 6.57. The molecule has 2 unspecified atom stereocenters. The van der Waals surface area contributed by atoms with Crippen LogP contribution in [0.2, 0.25) is 0 Å². The minimum absolute atomic E-state index is 0.219. The fraction of sp³-hybridized carbons (Fsp3) is 0.571. The molecule has 2 rings (SSSR count). The average molecular weight is 135 g/mol. The van der Waals surface area contributed by atoms with E-state index in [2.05, 4.69) is 12.2 Å². The minimum Gasteiger partial charge on any atom is -0.345 e. The molecule has 2 aliphatic rings. The molecule has 1 fully saturated rings. The maximum Gasteiger partial charge on any atom is 0.215 e. The van der Waals surface area contributed by atoms with Gasteiger partial charge in [0.15, 0.2) is 5.81 Å². The van der Waals surface area contributed by atoms with E-state index in [1.165, 1.54) is 6.42 Å². The van der Waals surface area contributed by atoms with Crippen LogP contribution in [0.1, 0.15) is 6.42 Å². The summed E-state index contributed by atoms with van der Waals surface area (Å²) in [4.78, 5) is 12.9. The number of rotatable bonds is 0. The van der Waals surface area contributed by atoms with Crippen molar-refractivity contribution in [3.05, 3.63) is 12.2 Å². The van der Waals surface area contributed by atoms with Crippen LogP contribution in [0.3, 0.4) is 0 Å². The lowest BCUT2D eigenvalue weighted by atomic mass is 10.1. The van der Waals surface area contributed by atoms with Gasteiger partial charge in [-0.1, -0.05) is 12.2 Å². The van der Waals surface area contributed by atoms with Gasteiger partial charge < -0.3 is 4.90 Å². The zero-order valence-corrected chi connectivity index (χ0v) is 6.08. The molecule has 0 aromatic carbocycles. The molecular formula is C7H10BNO. The van der Waals surface area contributed by atoms with Crippen molar-refractivity contribution in [3.63, 3.8) is 0 Å². The van der Waals surface area contributed by atoms with E-state index in [1.54, 1.807) is 7.85 Å². The van der Waals surface area contributed by atoms with Gasteiger partial charge in [0.2, 0.25) is 7.85 Å². The zero-order chi connectivity index (χ0) is 7.14. The summed E-state index contributed by atoms with van der Waals surface area (Å²) in [5.41, 5.74) is 0. The molecule has 0 N–H and O–H groups in total. The van der Waals surface area contributed by atoms with Crippen molar-refractivity contribution in [3.8, 4) is 0 Å². The minimum atomic E-state index is 0.219. The molecule has 0 spiro atoms. The van der Waals surface area contributed by atoms with Gasteiger partial charge in [-0.05, 0) is 12.3 Å². The summed E-state index contributed by atoms with van der Waals surface area (Å²) in [6.07, 6.45) is 5.54. The van der Waals surface area contributed by atoms with Gasteiger partial charge in [-0.25, -0.2) is 0 Å². The molecule has 2 nitrogen and oxygen atoms in total. The van der Waals surface area contributed by atoms with E-state index in [-0.39, 0.29) is 5.81 Å². The maximum absolute atomic E-state index is 10.9. The summed E-state index contributed by atoms with van der Waals surface area (Å²) in [6, 6.07) is 0.433. The molecule has 1 saturated heterocycles. The highest BCUT2D eigenvalue weighted by Gasteiger charge is 2.34. The summed E-state index contributed by atoms with van der Waals surface area (Å²) in [5.74, 6) is 0.880. The van der Waals surface area contributed by atoms with Crippen molar-refractivity contribution < 1.29 is 4.79 Å². The third kappa shape index (κ3) is 0.697. The Morgan fingerprint density at radius 1 is 1.60 bits per heavy atom. The monoisotopic (exact) mass is 135 g/mol. The molecule has 0 radical (unpaired) electrons. The largest absolute Gasteiger partial charge is 0.345 e. The highest BCUT2D eigenvalue weighted by atomic mass is 16.2. The maximum atomic E-state index is 10.9. The van der Waals surface area contributed by atoms with Gasteiger partial charge in [0.05, 0.1) is 0 Å². The third-order valence-corrected chi connectivity index (χ3v) is 2.39. The number of fused-ring (bicyclic) bond motifs is 2. The highest BCUT2D eigenvalue weighted by Crippen LogP contribution is 2.30. The fourth-order valence-corrected chi connectivity index (χ4v) is 1.87. The summed E-state index contributed by atoms with van der Waals surface area (Å²) in [7, 11) is 1.65. The molecule has 0 aromatic rings. The van der Waals surface area contributed by atoms with Gasteiger partial charge in [-0.3, -0.25) is 4.79 Å². The van der Waals surface area contributed by atoms with Crippen molar-refractivity contribution in [1.82, 2.24) is 4.90 Å². The van der Waals surface area contributed by atoms with E-state index in [9.17, 15) is 4.79 Å². The molecule has 2 bridgehead atoms. The van der Waals surface area contributed by atoms with E-state index in [0.29, 0.717) is 12.0 Å². The van der Waals surface area contributed by atoms with Crippen LogP contribution >= 0.6 is 0 Å². The number of carbonyl (C=O) groups is 1. The topological polar surface area (TPSA) is 20.3 Å². The second-order valence-electron chi connectivity index (χ2n) is 3.12. The van der Waals surface area contributed by atoms with E-state index in [0.717, 1.165) is 6.54 Å². The van der Waals surface area contributed by atoms with E-state index in [1.807, 2.05) is 4.90 Å². The molecule has 1 aliphatic carbocycles. The van der Waals surface area contributed by atoms with Crippen LogP contribution < -0.4 is 0 Å². The van der Waals surface area contributed by atoms with Gasteiger partial charge in [-0.2, -0.15) is 0 Å². The Labute approximate surface area is 61.3 Å². The van der Waals surface area contributed by atoms with Crippen LogP contribution in [0.5, 0.6) is 0 Å². The number of amides is 1. The summed E-state index contributed by atoms with van der Waals surface area (Å²) < 4.78 is 0. The summed E-state index contributed by atoms with van der Waals surface area (Å²) >= 11 is 0.